The number of sulfone groups is 1. The van der Waals surface area contributed by atoms with Crippen LogP contribution in [-0.4, -0.2) is 63.8 Å². The lowest BCUT2D eigenvalue weighted by atomic mass is 10.1. The number of aromatic nitrogens is 3. The maximum atomic E-state index is 13.2. The van der Waals surface area contributed by atoms with Gasteiger partial charge < -0.3 is 9.32 Å². The fourth-order valence-corrected chi connectivity index (χ4v) is 6.39. The summed E-state index contributed by atoms with van der Waals surface area (Å²) in [6.45, 7) is 4.58. The summed E-state index contributed by atoms with van der Waals surface area (Å²) in [6, 6.07) is 13.0. The molecule has 1 aliphatic rings. The predicted octanol–water partition coefficient (Wildman–Crippen LogP) is 3.29. The Morgan fingerprint density at radius 3 is 2.62 bits per heavy atom. The van der Waals surface area contributed by atoms with Crippen molar-refractivity contribution in [1.29, 1.82) is 0 Å². The van der Waals surface area contributed by atoms with Crippen LogP contribution in [0.1, 0.15) is 20.3 Å². The molecule has 0 aliphatic carbocycles. The van der Waals surface area contributed by atoms with Gasteiger partial charge in [0.1, 0.15) is 0 Å². The monoisotopic (exact) mass is 474 g/mol. The van der Waals surface area contributed by atoms with Crippen LogP contribution in [0.4, 0.5) is 0 Å². The molecule has 0 saturated carbocycles. The number of carbonyl (C=O) groups is 1. The third-order valence-electron chi connectivity index (χ3n) is 5.25. The molecule has 0 unspecified atom stereocenters. The summed E-state index contributed by atoms with van der Waals surface area (Å²) < 4.78 is 31.3. The zero-order valence-corrected chi connectivity index (χ0v) is 19.7. The summed E-state index contributed by atoms with van der Waals surface area (Å²) in [4.78, 5) is 14.9. The van der Waals surface area contributed by atoms with E-state index in [2.05, 4.69) is 10.2 Å². The molecule has 3 heterocycles. The maximum absolute atomic E-state index is 13.2. The van der Waals surface area contributed by atoms with Crippen LogP contribution < -0.4 is 0 Å². The molecule has 170 valence electrons. The van der Waals surface area contributed by atoms with Crippen LogP contribution in [-0.2, 0) is 14.6 Å². The molecule has 8 nitrogen and oxygen atoms in total. The van der Waals surface area contributed by atoms with Gasteiger partial charge in [0.25, 0.3) is 0 Å². The average Bonchev–Trinajstić information content (AvgIpc) is 3.50. The third-order valence-corrected chi connectivity index (χ3v) is 7.91. The van der Waals surface area contributed by atoms with E-state index in [1.807, 2.05) is 54.8 Å². The van der Waals surface area contributed by atoms with Gasteiger partial charge in [-0.15, -0.1) is 10.2 Å². The second kappa shape index (κ2) is 9.50. The van der Waals surface area contributed by atoms with E-state index in [-0.39, 0.29) is 35.1 Å². The molecular weight excluding hydrogens is 448 g/mol. The Labute approximate surface area is 191 Å². The van der Waals surface area contributed by atoms with Gasteiger partial charge in [0.15, 0.2) is 20.8 Å². The lowest BCUT2D eigenvalue weighted by Crippen LogP contribution is -2.44. The fourth-order valence-electron chi connectivity index (χ4n) is 3.82. The molecule has 32 heavy (non-hydrogen) atoms. The Bertz CT molecular complexity index is 1160. The summed E-state index contributed by atoms with van der Waals surface area (Å²) in [5.41, 5.74) is 0.861. The first kappa shape index (κ1) is 22.6. The normalized spacial score (nSPS) is 17.7. The van der Waals surface area contributed by atoms with E-state index < -0.39 is 9.84 Å². The Morgan fingerprint density at radius 2 is 2.00 bits per heavy atom. The van der Waals surface area contributed by atoms with E-state index in [4.69, 9.17) is 4.42 Å². The van der Waals surface area contributed by atoms with Crippen molar-refractivity contribution in [1.82, 2.24) is 19.7 Å². The van der Waals surface area contributed by atoms with E-state index in [9.17, 15) is 13.2 Å². The minimum atomic E-state index is -3.08. The quantitative estimate of drug-likeness (QED) is 0.462. The number of furan rings is 1. The molecule has 3 aromatic rings. The summed E-state index contributed by atoms with van der Waals surface area (Å²) in [5, 5.41) is 9.18. The van der Waals surface area contributed by atoms with Crippen LogP contribution in [0.25, 0.3) is 17.3 Å². The molecule has 1 amide bonds. The highest BCUT2D eigenvalue weighted by Crippen LogP contribution is 2.29. The Hall–Kier alpha value is -2.59. The molecule has 2 aromatic heterocycles. The van der Waals surface area contributed by atoms with Gasteiger partial charge in [-0.1, -0.05) is 43.8 Å². The van der Waals surface area contributed by atoms with Gasteiger partial charge >= 0.3 is 0 Å². The van der Waals surface area contributed by atoms with Gasteiger partial charge in [0.2, 0.25) is 11.7 Å². The highest BCUT2D eigenvalue weighted by Gasteiger charge is 2.35. The molecule has 0 spiro atoms. The van der Waals surface area contributed by atoms with Crippen LogP contribution in [0.15, 0.2) is 58.3 Å². The maximum Gasteiger partial charge on any atom is 0.233 e. The van der Waals surface area contributed by atoms with E-state index in [1.165, 1.54) is 11.8 Å². The number of rotatable bonds is 8. The average molecular weight is 475 g/mol. The fraction of sp³-hybridized carbons (Fsp3) is 0.409. The van der Waals surface area contributed by atoms with Crippen LogP contribution in [0.5, 0.6) is 0 Å². The molecule has 1 aromatic carbocycles. The molecule has 1 fully saturated rings. The highest BCUT2D eigenvalue weighted by molar-refractivity contribution is 7.99. The third kappa shape index (κ3) is 5.07. The summed E-state index contributed by atoms with van der Waals surface area (Å²) >= 11 is 1.29. The molecule has 1 saturated heterocycles. The largest absolute Gasteiger partial charge is 0.461 e. The number of nitrogens with zero attached hydrogens (tertiary/aromatic N) is 4. The van der Waals surface area contributed by atoms with E-state index in [0.29, 0.717) is 29.7 Å². The molecule has 0 bridgehead atoms. The number of para-hydroxylation sites is 1. The molecular formula is C22H26N4O4S2. The first-order valence-corrected chi connectivity index (χ1v) is 13.3. The number of hydrogen-bond donors (Lipinski definition) is 0. The minimum absolute atomic E-state index is 0.0406. The van der Waals surface area contributed by atoms with Gasteiger partial charge in [-0.3, -0.25) is 9.36 Å². The Morgan fingerprint density at radius 1 is 1.22 bits per heavy atom. The lowest BCUT2D eigenvalue weighted by Gasteiger charge is -2.29. The highest BCUT2D eigenvalue weighted by atomic mass is 32.2. The predicted molar refractivity (Wildman–Crippen MR) is 123 cm³/mol. The Kier molecular flexibility index (Phi) is 6.71. The zero-order chi connectivity index (χ0) is 22.7. The molecule has 10 heteroatoms. The summed E-state index contributed by atoms with van der Waals surface area (Å²) in [7, 11) is -3.08. The van der Waals surface area contributed by atoms with E-state index in [1.54, 1.807) is 17.2 Å². The first-order chi connectivity index (χ1) is 15.3. The summed E-state index contributed by atoms with van der Waals surface area (Å²) in [5.74, 6) is 1.61. The van der Waals surface area contributed by atoms with Gasteiger partial charge in [0.05, 0.1) is 23.5 Å². The van der Waals surface area contributed by atoms with Crippen LogP contribution in [0.2, 0.25) is 0 Å². The van der Waals surface area contributed by atoms with Gasteiger partial charge in [0, 0.05) is 18.3 Å². The minimum Gasteiger partial charge on any atom is -0.461 e. The number of carbonyl (C=O) groups excluding carboxylic acids is 1. The van der Waals surface area contributed by atoms with E-state index >= 15 is 0 Å². The number of hydrogen-bond acceptors (Lipinski definition) is 7. The van der Waals surface area contributed by atoms with E-state index in [0.717, 1.165) is 5.69 Å². The van der Waals surface area contributed by atoms with Crippen LogP contribution >= 0.6 is 11.8 Å². The SMILES string of the molecule is CC(C)CN(C(=O)CSc1nnc(-c2ccco2)n1-c1ccccc1)[C@@H]1CCS(=O)(=O)C1. The first-order valence-electron chi connectivity index (χ1n) is 10.5. The van der Waals surface area contributed by atoms with Crippen molar-refractivity contribution in [2.24, 2.45) is 5.92 Å². The van der Waals surface area contributed by atoms with Crippen molar-refractivity contribution in [3.63, 3.8) is 0 Å². The van der Waals surface area contributed by atoms with Gasteiger partial charge in [-0.25, -0.2) is 8.42 Å². The number of amides is 1. The summed E-state index contributed by atoms with van der Waals surface area (Å²) in [6.07, 6.45) is 2.07. The second-order valence-corrected chi connectivity index (χ2v) is 11.4. The second-order valence-electron chi connectivity index (χ2n) is 8.24. The molecule has 1 atom stereocenters. The van der Waals surface area contributed by atoms with Crippen molar-refractivity contribution in [3.8, 4) is 17.3 Å². The topological polar surface area (TPSA) is 98.3 Å². The number of thioether (sulfide) groups is 1. The smallest absolute Gasteiger partial charge is 0.233 e. The lowest BCUT2D eigenvalue weighted by molar-refractivity contribution is -0.130. The molecule has 0 radical (unpaired) electrons. The van der Waals surface area contributed by atoms with Crippen molar-refractivity contribution in [3.05, 3.63) is 48.7 Å². The van der Waals surface area contributed by atoms with Crippen molar-refractivity contribution in [2.75, 3.05) is 23.8 Å². The van der Waals surface area contributed by atoms with Gasteiger partial charge in [-0.2, -0.15) is 0 Å². The van der Waals surface area contributed by atoms with Crippen molar-refractivity contribution < 1.29 is 17.6 Å². The molecule has 1 aliphatic heterocycles. The van der Waals surface area contributed by atoms with Crippen LogP contribution in [0.3, 0.4) is 0 Å². The van der Waals surface area contributed by atoms with Gasteiger partial charge in [-0.05, 0) is 36.6 Å². The molecule has 0 N–H and O–H groups in total. The Balaban J connectivity index is 1.57. The van der Waals surface area contributed by atoms with Crippen molar-refractivity contribution >= 4 is 27.5 Å². The van der Waals surface area contributed by atoms with Crippen molar-refractivity contribution in [2.45, 2.75) is 31.5 Å². The number of benzene rings is 1. The van der Waals surface area contributed by atoms with Crippen LogP contribution in [0, 0.1) is 5.92 Å². The standard InChI is InChI=1S/C22H26N4O4S2/c1-16(2)13-25(18-10-12-32(28,29)15-18)20(27)14-31-22-24-23-21(19-9-6-11-30-19)26(22)17-7-4-3-5-8-17/h3-9,11,16,18H,10,12-15H2,1-2H3/t18-/m1/s1. The molecule has 4 rings (SSSR count). The zero-order valence-electron chi connectivity index (χ0n) is 18.0.